The molecule has 4 rings (SSSR count). The summed E-state index contributed by atoms with van der Waals surface area (Å²) < 4.78 is 24.0. The maximum atomic E-state index is 13.1. The highest BCUT2D eigenvalue weighted by Crippen LogP contribution is 2.34. The quantitative estimate of drug-likeness (QED) is 0.0536. The van der Waals surface area contributed by atoms with Gasteiger partial charge in [-0.2, -0.15) is 0 Å². The number of carbonyl (C=O) groups is 2. The van der Waals surface area contributed by atoms with Crippen molar-refractivity contribution in [2.45, 2.75) is 158 Å². The monoisotopic (exact) mass is 788 g/mol. The fourth-order valence-electron chi connectivity index (χ4n) is 6.92. The number of allylic oxidation sites excluding steroid dienone is 1. The number of aromatic amines is 1. The van der Waals surface area contributed by atoms with Crippen molar-refractivity contribution < 1.29 is 69.4 Å². The van der Waals surface area contributed by atoms with Crippen LogP contribution in [0.3, 0.4) is 0 Å². The van der Waals surface area contributed by atoms with Crippen molar-refractivity contribution in [3.63, 3.8) is 0 Å². The van der Waals surface area contributed by atoms with E-state index >= 15 is 0 Å². The van der Waals surface area contributed by atoms with E-state index in [-0.39, 0.29) is 0 Å². The van der Waals surface area contributed by atoms with Crippen LogP contribution in [0.15, 0.2) is 34.0 Å². The van der Waals surface area contributed by atoms with Crippen LogP contribution < -0.4 is 21.9 Å². The molecule has 11 N–H and O–H groups in total. The molecule has 3 aliphatic rings. The van der Waals surface area contributed by atoms with Crippen molar-refractivity contribution >= 4 is 11.8 Å². The molecule has 0 unspecified atom stereocenters. The molecule has 15 atom stereocenters. The lowest BCUT2D eigenvalue weighted by atomic mass is 9.91. The van der Waals surface area contributed by atoms with Gasteiger partial charge in [0.2, 0.25) is 11.8 Å². The van der Waals surface area contributed by atoms with Crippen LogP contribution >= 0.6 is 0 Å². The molecule has 0 bridgehead atoms. The van der Waals surface area contributed by atoms with Gasteiger partial charge >= 0.3 is 5.69 Å². The molecular formula is C35H56N4O16. The Kier molecular flexibility index (Phi) is 16.5. The van der Waals surface area contributed by atoms with Crippen LogP contribution in [-0.4, -0.2) is 155 Å². The van der Waals surface area contributed by atoms with Crippen molar-refractivity contribution in [1.82, 2.24) is 20.2 Å². The van der Waals surface area contributed by atoms with Gasteiger partial charge in [0.15, 0.2) is 18.8 Å². The molecule has 0 aromatic carbocycles. The van der Waals surface area contributed by atoms with Crippen LogP contribution in [0, 0.1) is 5.92 Å². The van der Waals surface area contributed by atoms with E-state index in [4.69, 9.17) is 18.9 Å². The zero-order chi connectivity index (χ0) is 40.6. The van der Waals surface area contributed by atoms with Crippen LogP contribution in [0.2, 0.25) is 0 Å². The van der Waals surface area contributed by atoms with E-state index in [1.807, 2.05) is 4.98 Å². The molecule has 0 radical (unpaired) electrons. The lowest BCUT2D eigenvalue weighted by Crippen LogP contribution is -2.68. The fraction of sp³-hybridized carbons (Fsp3) is 0.771. The molecule has 20 nitrogen and oxygen atoms in total. The number of aromatic nitrogens is 2. The lowest BCUT2D eigenvalue weighted by Gasteiger charge is -2.47. The maximum absolute atomic E-state index is 13.1. The number of carbonyl (C=O) groups excluding carboxylic acids is 2. The number of amides is 2. The van der Waals surface area contributed by atoms with Gasteiger partial charge in [-0.1, -0.05) is 45.6 Å². The first-order valence-corrected chi connectivity index (χ1v) is 18.6. The summed E-state index contributed by atoms with van der Waals surface area (Å²) >= 11 is 0. The number of aliphatic hydroxyl groups is 8. The maximum Gasteiger partial charge on any atom is 0.330 e. The van der Waals surface area contributed by atoms with Gasteiger partial charge in [0.25, 0.3) is 5.56 Å². The average Bonchev–Trinajstić information content (AvgIpc) is 3.42. The average molecular weight is 789 g/mol. The molecule has 312 valence electrons. The molecule has 1 aromatic rings. The van der Waals surface area contributed by atoms with E-state index in [0.29, 0.717) is 12.3 Å². The molecule has 0 spiro atoms. The molecule has 55 heavy (non-hydrogen) atoms. The molecule has 1 aromatic heterocycles. The molecule has 20 heteroatoms. The zero-order valence-electron chi connectivity index (χ0n) is 31.0. The number of unbranched alkanes of at least 4 members (excludes halogenated alkanes) is 4. The van der Waals surface area contributed by atoms with Crippen LogP contribution in [-0.2, 0) is 28.5 Å². The molecule has 3 aliphatic heterocycles. The van der Waals surface area contributed by atoms with Crippen molar-refractivity contribution in [1.29, 1.82) is 0 Å². The van der Waals surface area contributed by atoms with Crippen molar-refractivity contribution in [3.8, 4) is 0 Å². The lowest BCUT2D eigenvalue weighted by molar-refractivity contribution is -0.346. The highest BCUT2D eigenvalue weighted by atomic mass is 16.8. The molecule has 0 saturated carbocycles. The zero-order valence-corrected chi connectivity index (χ0v) is 31.0. The number of aliphatic hydroxyl groups excluding tert-OH is 8. The number of nitrogens with one attached hydrogen (secondary N) is 3. The third kappa shape index (κ3) is 11.5. The van der Waals surface area contributed by atoms with E-state index in [2.05, 4.69) is 24.5 Å². The summed E-state index contributed by atoms with van der Waals surface area (Å²) in [5, 5.41) is 91.1. The predicted octanol–water partition coefficient (Wildman–Crippen LogP) is -3.65. The highest BCUT2D eigenvalue weighted by Gasteiger charge is 2.53. The predicted molar refractivity (Wildman–Crippen MR) is 189 cm³/mol. The Morgan fingerprint density at radius 3 is 2.11 bits per heavy atom. The summed E-state index contributed by atoms with van der Waals surface area (Å²) in [6, 6.07) is -2.01. The minimum Gasteiger partial charge on any atom is -0.394 e. The summed E-state index contributed by atoms with van der Waals surface area (Å²) in [5.74, 6) is -0.729. The Morgan fingerprint density at radius 1 is 0.873 bits per heavy atom. The van der Waals surface area contributed by atoms with E-state index in [9.17, 15) is 60.0 Å². The van der Waals surface area contributed by atoms with Crippen LogP contribution in [0.4, 0.5) is 0 Å². The second-order valence-corrected chi connectivity index (χ2v) is 14.7. The smallest absolute Gasteiger partial charge is 0.330 e. The van der Waals surface area contributed by atoms with Crippen molar-refractivity contribution in [3.05, 3.63) is 45.3 Å². The number of hydrogen-bond donors (Lipinski definition) is 11. The number of H-pyrrole nitrogens is 1. The Bertz CT molecular complexity index is 1540. The largest absolute Gasteiger partial charge is 0.394 e. The van der Waals surface area contributed by atoms with Gasteiger partial charge in [-0.25, -0.2) is 4.79 Å². The Morgan fingerprint density at radius 2 is 1.49 bits per heavy atom. The summed E-state index contributed by atoms with van der Waals surface area (Å²) in [6.07, 6.45) is -12.8. The topological polar surface area (TPSA) is 312 Å². The van der Waals surface area contributed by atoms with Gasteiger partial charge in [0.05, 0.1) is 18.8 Å². The summed E-state index contributed by atoms with van der Waals surface area (Å²) in [6.45, 7) is 4.67. The number of ether oxygens (including phenoxy) is 4. The van der Waals surface area contributed by atoms with Crippen LogP contribution in [0.5, 0.6) is 0 Å². The van der Waals surface area contributed by atoms with Crippen molar-refractivity contribution in [2.24, 2.45) is 5.92 Å². The summed E-state index contributed by atoms with van der Waals surface area (Å²) in [7, 11) is 0. The SMILES string of the molecule is CC(=O)N[C@@H]1[C@H](O[C@H]2O[C@@H](C[C@H](O)[C@H]3O[C@@H](n4ccc(=O)[nH]c4=O)[C@@H](O)[C@H]3O)[C@H](O)[C@@H](O)[C@@H]2NC(=O)/C=C/CCCCCCC(C)C)O[C@@H](CO)[C@@H](O)[C@@H]1O. The first-order valence-electron chi connectivity index (χ1n) is 18.6. The first-order chi connectivity index (χ1) is 26.0. The molecule has 0 aliphatic carbocycles. The van der Waals surface area contributed by atoms with Gasteiger partial charge in [-0.15, -0.1) is 0 Å². The summed E-state index contributed by atoms with van der Waals surface area (Å²) in [5.41, 5.74) is -1.69. The standard InChI is InChI=1S/C35H56N4O16/c1-16(2)10-8-6-4-5-7-9-11-21(43)37-24-28(48)25(45)19(52-34(24)55-33-23(36-17(3)41)27(47)26(46)20(15-40)53-33)14-18(42)31-29(49)30(50)32(54-31)39-13-12-22(44)38-35(39)51/h9,11-13,16,18-20,23-34,40,42,45-50H,4-8,10,14-15H2,1-3H3,(H,36,41)(H,37,43)(H,38,44,51)/b11-9+/t18-,19-,20-,23-,24-,25-,26+,27+,28-,29+,30-,31+,32+,33-,34+/m0/s1. The van der Waals surface area contributed by atoms with Gasteiger partial charge < -0.3 is 70.4 Å². The third-order valence-electron chi connectivity index (χ3n) is 9.95. The minimum atomic E-state index is -1.85. The minimum absolute atomic E-state index is 0.597. The van der Waals surface area contributed by atoms with Gasteiger partial charge in [0, 0.05) is 25.6 Å². The van der Waals surface area contributed by atoms with Gasteiger partial charge in [-0.05, 0) is 24.8 Å². The number of hydrogen-bond acceptors (Lipinski definition) is 16. The second kappa shape index (κ2) is 20.3. The van der Waals surface area contributed by atoms with Gasteiger partial charge in [0.1, 0.15) is 60.9 Å². The van der Waals surface area contributed by atoms with Crippen LogP contribution in [0.1, 0.15) is 71.9 Å². The Hall–Kier alpha value is -3.12. The molecule has 4 heterocycles. The first kappa shape index (κ1) is 44.6. The van der Waals surface area contributed by atoms with E-state index < -0.39 is 128 Å². The molecular weight excluding hydrogens is 732 g/mol. The van der Waals surface area contributed by atoms with Crippen LogP contribution in [0.25, 0.3) is 0 Å². The van der Waals surface area contributed by atoms with E-state index in [0.717, 1.165) is 55.9 Å². The molecule has 3 saturated heterocycles. The van der Waals surface area contributed by atoms with Gasteiger partial charge in [-0.3, -0.25) is 23.9 Å². The third-order valence-corrected chi connectivity index (χ3v) is 9.95. The fourth-order valence-corrected chi connectivity index (χ4v) is 6.92. The highest BCUT2D eigenvalue weighted by molar-refractivity contribution is 5.87. The molecule has 3 fully saturated rings. The second-order valence-electron chi connectivity index (χ2n) is 14.7. The normalized spacial score (nSPS) is 35.9. The summed E-state index contributed by atoms with van der Waals surface area (Å²) in [4.78, 5) is 50.9. The number of nitrogens with zero attached hydrogens (tertiary/aromatic N) is 1. The van der Waals surface area contributed by atoms with E-state index in [1.165, 1.54) is 6.08 Å². The Labute approximate surface area is 316 Å². The Balaban J connectivity index is 1.52. The number of rotatable bonds is 17. The van der Waals surface area contributed by atoms with Crippen molar-refractivity contribution in [2.75, 3.05) is 6.61 Å². The molecule has 2 amide bonds. The van der Waals surface area contributed by atoms with E-state index in [1.54, 1.807) is 6.08 Å².